The Kier molecular flexibility index (Phi) is 1.33. The smallest absolute Gasteiger partial charge is 0.0666 e. The number of aliphatic hydroxyl groups excluding tert-OH is 1. The molecule has 0 aromatic heterocycles. The van der Waals surface area contributed by atoms with Crippen LogP contribution in [-0.2, 0) is 0 Å². The third kappa shape index (κ3) is 0.592. The molecular formula is C15H24O. The van der Waals surface area contributed by atoms with Crippen molar-refractivity contribution in [2.75, 3.05) is 0 Å². The van der Waals surface area contributed by atoms with Crippen LogP contribution in [0.15, 0.2) is 0 Å². The Morgan fingerprint density at radius 3 is 2.25 bits per heavy atom. The highest BCUT2D eigenvalue weighted by molar-refractivity contribution is 5.40. The Morgan fingerprint density at radius 2 is 1.75 bits per heavy atom. The number of hydrogen-bond donors (Lipinski definition) is 1. The van der Waals surface area contributed by atoms with Crippen LogP contribution in [0.5, 0.6) is 0 Å². The molecule has 0 aromatic carbocycles. The first-order valence-corrected chi connectivity index (χ1v) is 7.00. The van der Waals surface area contributed by atoms with E-state index in [1.165, 1.54) is 25.7 Å². The summed E-state index contributed by atoms with van der Waals surface area (Å²) in [5, 5.41) is 10.9. The molecule has 1 spiro atoms. The highest BCUT2D eigenvalue weighted by Gasteiger charge is 2.92. The first-order chi connectivity index (χ1) is 7.32. The Bertz CT molecular complexity index is 387. The highest BCUT2D eigenvalue weighted by atomic mass is 16.3. The molecule has 0 unspecified atom stereocenters. The molecule has 0 aromatic rings. The zero-order valence-corrected chi connectivity index (χ0v) is 11.0. The van der Waals surface area contributed by atoms with Crippen LogP contribution < -0.4 is 0 Å². The van der Waals surface area contributed by atoms with Crippen molar-refractivity contribution >= 4 is 0 Å². The third-order valence-corrected chi connectivity index (χ3v) is 7.77. The molecular weight excluding hydrogens is 196 g/mol. The lowest BCUT2D eigenvalue weighted by molar-refractivity contribution is -0.129. The van der Waals surface area contributed by atoms with E-state index >= 15 is 0 Å². The molecule has 0 heterocycles. The normalized spacial score (nSPS) is 69.2. The fourth-order valence-corrected chi connectivity index (χ4v) is 7.20. The van der Waals surface area contributed by atoms with Gasteiger partial charge in [0.05, 0.1) is 6.10 Å². The average Bonchev–Trinajstić information content (AvgIpc) is 2.45. The van der Waals surface area contributed by atoms with Gasteiger partial charge in [0.15, 0.2) is 0 Å². The molecule has 5 fully saturated rings. The zero-order chi connectivity index (χ0) is 11.6. The van der Waals surface area contributed by atoms with Crippen molar-refractivity contribution in [3.05, 3.63) is 0 Å². The third-order valence-electron chi connectivity index (χ3n) is 7.77. The minimum absolute atomic E-state index is 0.0182. The topological polar surface area (TPSA) is 20.2 Å². The monoisotopic (exact) mass is 220 g/mol. The number of rotatable bonds is 0. The summed E-state index contributed by atoms with van der Waals surface area (Å²) in [5.41, 5.74) is 1.35. The minimum Gasteiger partial charge on any atom is -0.392 e. The molecule has 5 rings (SSSR count). The van der Waals surface area contributed by atoms with Crippen molar-refractivity contribution in [2.45, 2.75) is 59.5 Å². The van der Waals surface area contributed by atoms with E-state index in [1.54, 1.807) is 0 Å². The molecule has 0 saturated heterocycles. The predicted molar refractivity (Wildman–Crippen MR) is 63.9 cm³/mol. The summed E-state index contributed by atoms with van der Waals surface area (Å²) >= 11 is 0. The quantitative estimate of drug-likeness (QED) is 0.664. The van der Waals surface area contributed by atoms with Crippen LogP contribution in [0.1, 0.15) is 53.4 Å². The minimum atomic E-state index is -0.0182. The van der Waals surface area contributed by atoms with Crippen LogP contribution in [0.3, 0.4) is 0 Å². The van der Waals surface area contributed by atoms with Crippen LogP contribution >= 0.6 is 0 Å². The van der Waals surface area contributed by atoms with Gasteiger partial charge in [-0.1, -0.05) is 34.1 Å². The van der Waals surface area contributed by atoms with Crippen LogP contribution in [0.25, 0.3) is 0 Å². The molecule has 0 aliphatic heterocycles. The maximum absolute atomic E-state index is 10.9. The second-order valence-corrected chi connectivity index (χ2v) is 8.18. The Morgan fingerprint density at radius 1 is 1.06 bits per heavy atom. The summed E-state index contributed by atoms with van der Waals surface area (Å²) in [6.07, 6.45) is 5.35. The molecule has 1 N–H and O–H groups in total. The summed E-state index contributed by atoms with van der Waals surface area (Å²) in [6, 6.07) is 0. The fourth-order valence-electron chi connectivity index (χ4n) is 7.20. The van der Waals surface area contributed by atoms with Crippen LogP contribution in [-0.4, -0.2) is 11.2 Å². The molecule has 5 aliphatic carbocycles. The summed E-state index contributed by atoms with van der Waals surface area (Å²) in [4.78, 5) is 0. The predicted octanol–water partition coefficient (Wildman–Crippen LogP) is 3.22. The summed E-state index contributed by atoms with van der Waals surface area (Å²) in [7, 11) is 0. The van der Waals surface area contributed by atoms with Crippen molar-refractivity contribution in [2.24, 2.45) is 33.5 Å². The van der Waals surface area contributed by atoms with Gasteiger partial charge in [-0.2, -0.15) is 0 Å². The molecule has 1 nitrogen and oxygen atoms in total. The number of hydrogen-bond acceptors (Lipinski definition) is 1. The first kappa shape index (κ1) is 9.94. The molecule has 5 aliphatic rings. The average molecular weight is 220 g/mol. The number of aliphatic hydroxyl groups is 1. The van der Waals surface area contributed by atoms with Gasteiger partial charge in [0.1, 0.15) is 0 Å². The van der Waals surface area contributed by atoms with Crippen LogP contribution in [0.4, 0.5) is 0 Å². The Labute approximate surface area is 98.6 Å². The standard InChI is InChI=1S/C15H24O/c1-12(2)6-5-7-13(3)10-9-8-15(12,13)11(16)14(9,10)4/h9-11,16H,5-8H2,1-4H3/t9-,10-,11+,13-,14+,15-/m1/s1. The van der Waals surface area contributed by atoms with Crippen molar-refractivity contribution in [1.29, 1.82) is 0 Å². The van der Waals surface area contributed by atoms with E-state index in [1.807, 2.05) is 0 Å². The summed E-state index contributed by atoms with van der Waals surface area (Å²) in [5.74, 6) is 1.69. The molecule has 0 amide bonds. The zero-order valence-electron chi connectivity index (χ0n) is 11.0. The Balaban J connectivity index is 1.97. The lowest BCUT2D eigenvalue weighted by atomic mass is 9.48. The first-order valence-electron chi connectivity index (χ1n) is 7.00. The van der Waals surface area contributed by atoms with E-state index in [2.05, 4.69) is 27.7 Å². The molecule has 0 radical (unpaired) electrons. The van der Waals surface area contributed by atoms with Crippen molar-refractivity contribution < 1.29 is 5.11 Å². The van der Waals surface area contributed by atoms with Crippen LogP contribution in [0.2, 0.25) is 0 Å². The molecule has 16 heavy (non-hydrogen) atoms. The van der Waals surface area contributed by atoms with E-state index in [0.717, 1.165) is 11.8 Å². The Hall–Kier alpha value is -0.0400. The highest BCUT2D eigenvalue weighted by Crippen LogP contribution is 2.94. The van der Waals surface area contributed by atoms with E-state index in [4.69, 9.17) is 0 Å². The second-order valence-electron chi connectivity index (χ2n) is 8.18. The molecule has 6 atom stereocenters. The van der Waals surface area contributed by atoms with E-state index < -0.39 is 0 Å². The van der Waals surface area contributed by atoms with Gasteiger partial charge in [-0.3, -0.25) is 0 Å². The molecule has 1 heteroatoms. The van der Waals surface area contributed by atoms with Crippen LogP contribution in [0, 0.1) is 33.5 Å². The van der Waals surface area contributed by atoms with Gasteiger partial charge in [0, 0.05) is 10.8 Å². The van der Waals surface area contributed by atoms with Gasteiger partial charge in [0.2, 0.25) is 0 Å². The molecule has 90 valence electrons. The second kappa shape index (κ2) is 2.13. The van der Waals surface area contributed by atoms with E-state index in [9.17, 15) is 5.11 Å². The van der Waals surface area contributed by atoms with Crippen molar-refractivity contribution in [3.63, 3.8) is 0 Å². The van der Waals surface area contributed by atoms with Gasteiger partial charge in [-0.25, -0.2) is 0 Å². The largest absolute Gasteiger partial charge is 0.392 e. The van der Waals surface area contributed by atoms with Crippen molar-refractivity contribution in [3.8, 4) is 0 Å². The van der Waals surface area contributed by atoms with E-state index in [0.29, 0.717) is 16.2 Å². The maximum atomic E-state index is 10.9. The van der Waals surface area contributed by atoms with Gasteiger partial charge in [0.25, 0.3) is 0 Å². The van der Waals surface area contributed by atoms with Gasteiger partial charge >= 0.3 is 0 Å². The molecule has 5 saturated carbocycles. The van der Waals surface area contributed by atoms with Crippen molar-refractivity contribution in [1.82, 2.24) is 0 Å². The summed E-state index contributed by atoms with van der Waals surface area (Å²) < 4.78 is 0. The maximum Gasteiger partial charge on any atom is 0.0666 e. The van der Waals surface area contributed by atoms with Gasteiger partial charge in [-0.05, 0) is 41.9 Å². The fraction of sp³-hybridized carbons (Fsp3) is 1.00. The SMILES string of the molecule is CC1(C)CCC[C@]2(C)[C@H]3[C@H]4C[C@@]12[C@@H](O)[C@@]43C. The lowest BCUT2D eigenvalue weighted by Gasteiger charge is -2.57. The van der Waals surface area contributed by atoms with E-state index in [-0.39, 0.29) is 11.5 Å². The van der Waals surface area contributed by atoms with Gasteiger partial charge < -0.3 is 5.11 Å². The molecule has 4 bridgehead atoms. The lowest BCUT2D eigenvalue weighted by Crippen LogP contribution is -2.53. The summed E-state index contributed by atoms with van der Waals surface area (Å²) in [6.45, 7) is 9.70. The van der Waals surface area contributed by atoms with Gasteiger partial charge in [-0.15, -0.1) is 0 Å².